The Labute approximate surface area is 106 Å². The molecule has 1 aromatic carbocycles. The Morgan fingerprint density at radius 2 is 2.00 bits per heavy atom. The van der Waals surface area contributed by atoms with E-state index in [9.17, 15) is 4.79 Å². The van der Waals surface area contributed by atoms with Gasteiger partial charge >= 0.3 is 5.97 Å². The molecule has 2 nitrogen and oxygen atoms in total. The highest BCUT2D eigenvalue weighted by Gasteiger charge is 2.16. The van der Waals surface area contributed by atoms with Crippen LogP contribution in [0.5, 0.6) is 0 Å². The molecule has 0 aliphatic heterocycles. The van der Waals surface area contributed by atoms with Gasteiger partial charge in [0, 0.05) is 12.5 Å². The zero-order valence-electron chi connectivity index (χ0n) is 9.88. The van der Waals surface area contributed by atoms with Gasteiger partial charge in [0.25, 0.3) is 0 Å². The standard InChI is InChI=1S/C12H17BrO2Si/c1-16(2,3)7-6-9-8-10(13)4-5-11(9)12(14)15/h4-5,8H,6-7H2,1-3H3,(H,14,15). The van der Waals surface area contributed by atoms with Gasteiger partial charge in [-0.1, -0.05) is 41.6 Å². The number of carboxylic acids is 1. The van der Waals surface area contributed by atoms with Crippen molar-refractivity contribution in [1.29, 1.82) is 0 Å². The van der Waals surface area contributed by atoms with Crippen molar-refractivity contribution in [2.45, 2.75) is 32.1 Å². The minimum absolute atomic E-state index is 0.432. The maximum absolute atomic E-state index is 11.1. The second kappa shape index (κ2) is 5.14. The van der Waals surface area contributed by atoms with Crippen molar-refractivity contribution >= 4 is 30.0 Å². The number of aromatic carboxylic acids is 1. The number of carboxylic acid groups (broad SMARTS) is 1. The number of benzene rings is 1. The number of halogens is 1. The van der Waals surface area contributed by atoms with Crippen LogP contribution in [0.3, 0.4) is 0 Å². The molecule has 0 spiro atoms. The molecule has 1 aromatic rings. The van der Waals surface area contributed by atoms with Crippen LogP contribution >= 0.6 is 15.9 Å². The van der Waals surface area contributed by atoms with Gasteiger partial charge in [0.05, 0.1) is 5.56 Å². The molecular formula is C12H17BrO2Si. The molecule has 0 aliphatic carbocycles. The van der Waals surface area contributed by atoms with Gasteiger partial charge in [-0.3, -0.25) is 0 Å². The zero-order chi connectivity index (χ0) is 12.3. The quantitative estimate of drug-likeness (QED) is 0.853. The topological polar surface area (TPSA) is 37.3 Å². The molecule has 0 fully saturated rings. The van der Waals surface area contributed by atoms with E-state index in [4.69, 9.17) is 5.11 Å². The molecule has 0 aliphatic rings. The van der Waals surface area contributed by atoms with Crippen LogP contribution in [0.15, 0.2) is 22.7 Å². The molecule has 1 N–H and O–H groups in total. The number of hydrogen-bond acceptors (Lipinski definition) is 1. The Balaban J connectivity index is 2.93. The monoisotopic (exact) mass is 300 g/mol. The lowest BCUT2D eigenvalue weighted by Gasteiger charge is -2.16. The van der Waals surface area contributed by atoms with Crippen molar-refractivity contribution in [3.8, 4) is 0 Å². The molecule has 0 aromatic heterocycles. The lowest BCUT2D eigenvalue weighted by molar-refractivity contribution is 0.0695. The minimum Gasteiger partial charge on any atom is -0.478 e. The van der Waals surface area contributed by atoms with E-state index in [-0.39, 0.29) is 0 Å². The zero-order valence-corrected chi connectivity index (χ0v) is 12.5. The summed E-state index contributed by atoms with van der Waals surface area (Å²) in [5, 5.41) is 9.08. The van der Waals surface area contributed by atoms with Crippen molar-refractivity contribution in [1.82, 2.24) is 0 Å². The van der Waals surface area contributed by atoms with Gasteiger partial charge in [-0.2, -0.15) is 0 Å². The smallest absolute Gasteiger partial charge is 0.335 e. The van der Waals surface area contributed by atoms with E-state index in [1.165, 1.54) is 0 Å². The van der Waals surface area contributed by atoms with Crippen LogP contribution in [0.4, 0.5) is 0 Å². The van der Waals surface area contributed by atoms with Gasteiger partial charge in [-0.25, -0.2) is 4.79 Å². The normalized spacial score (nSPS) is 11.5. The van der Waals surface area contributed by atoms with E-state index in [1.807, 2.05) is 6.07 Å². The van der Waals surface area contributed by atoms with Crippen LogP contribution in [0.1, 0.15) is 15.9 Å². The molecule has 4 heteroatoms. The largest absolute Gasteiger partial charge is 0.478 e. The van der Waals surface area contributed by atoms with Crippen LogP contribution < -0.4 is 0 Å². The first-order valence-corrected chi connectivity index (χ1v) is 9.81. The summed E-state index contributed by atoms with van der Waals surface area (Å²) >= 11 is 3.38. The first-order valence-electron chi connectivity index (χ1n) is 5.31. The van der Waals surface area contributed by atoms with E-state index in [0.29, 0.717) is 5.56 Å². The number of carbonyl (C=O) groups is 1. The average Bonchev–Trinajstić information content (AvgIpc) is 2.13. The Morgan fingerprint density at radius 3 is 2.50 bits per heavy atom. The van der Waals surface area contributed by atoms with Crippen molar-refractivity contribution in [3.63, 3.8) is 0 Å². The molecule has 0 atom stereocenters. The number of hydrogen-bond donors (Lipinski definition) is 1. The van der Waals surface area contributed by atoms with Crippen LogP contribution in [0.2, 0.25) is 25.7 Å². The van der Waals surface area contributed by atoms with E-state index in [0.717, 1.165) is 22.5 Å². The summed E-state index contributed by atoms with van der Waals surface area (Å²) in [6.07, 6.45) is 0.858. The third-order valence-electron chi connectivity index (χ3n) is 2.44. The molecule has 0 radical (unpaired) electrons. The summed E-state index contributed by atoms with van der Waals surface area (Å²) in [4.78, 5) is 11.1. The first-order chi connectivity index (χ1) is 7.29. The molecule has 0 saturated carbocycles. The van der Waals surface area contributed by atoms with Gasteiger partial charge in [0.1, 0.15) is 0 Å². The third kappa shape index (κ3) is 4.10. The molecule has 16 heavy (non-hydrogen) atoms. The Morgan fingerprint density at radius 1 is 1.38 bits per heavy atom. The first kappa shape index (κ1) is 13.5. The molecule has 0 saturated heterocycles. The number of rotatable bonds is 4. The minimum atomic E-state index is -1.12. The molecule has 0 amide bonds. The summed E-state index contributed by atoms with van der Waals surface area (Å²) in [6, 6.07) is 6.49. The summed E-state index contributed by atoms with van der Waals surface area (Å²) in [5.74, 6) is -0.835. The van der Waals surface area contributed by atoms with E-state index in [1.54, 1.807) is 12.1 Å². The predicted octanol–water partition coefficient (Wildman–Crippen LogP) is 4.03. The van der Waals surface area contributed by atoms with Gasteiger partial charge in [-0.15, -0.1) is 0 Å². The van der Waals surface area contributed by atoms with Crippen molar-refractivity contribution in [2.75, 3.05) is 0 Å². The highest BCUT2D eigenvalue weighted by Crippen LogP contribution is 2.21. The van der Waals surface area contributed by atoms with Gasteiger partial charge in [0.15, 0.2) is 0 Å². The third-order valence-corrected chi connectivity index (χ3v) is 4.69. The Bertz CT molecular complexity index is 396. The van der Waals surface area contributed by atoms with Crippen LogP contribution in [0.25, 0.3) is 0 Å². The summed E-state index contributed by atoms with van der Waals surface area (Å²) in [7, 11) is -1.12. The maximum atomic E-state index is 11.1. The lowest BCUT2D eigenvalue weighted by Crippen LogP contribution is -2.20. The lowest BCUT2D eigenvalue weighted by atomic mass is 10.1. The fourth-order valence-electron chi connectivity index (χ4n) is 1.49. The fraction of sp³-hybridized carbons (Fsp3) is 0.417. The molecule has 88 valence electrons. The van der Waals surface area contributed by atoms with Crippen LogP contribution in [0, 0.1) is 0 Å². The van der Waals surface area contributed by atoms with Crippen molar-refractivity contribution in [2.24, 2.45) is 0 Å². The van der Waals surface area contributed by atoms with E-state index < -0.39 is 14.0 Å². The molecule has 0 heterocycles. The highest BCUT2D eigenvalue weighted by atomic mass is 79.9. The highest BCUT2D eigenvalue weighted by molar-refractivity contribution is 9.10. The Kier molecular flexibility index (Phi) is 4.33. The summed E-state index contributed by atoms with van der Waals surface area (Å²) < 4.78 is 0.947. The predicted molar refractivity (Wildman–Crippen MR) is 73.0 cm³/mol. The second-order valence-electron chi connectivity index (χ2n) is 5.17. The fourth-order valence-corrected chi connectivity index (χ4v) is 2.92. The second-order valence-corrected chi connectivity index (χ2v) is 11.7. The number of aryl methyl sites for hydroxylation is 1. The van der Waals surface area contributed by atoms with Crippen molar-refractivity contribution < 1.29 is 9.90 Å². The molecule has 0 bridgehead atoms. The Hall–Kier alpha value is -0.613. The van der Waals surface area contributed by atoms with Gasteiger partial charge < -0.3 is 5.11 Å². The summed E-state index contributed by atoms with van der Waals surface area (Å²) in [5.41, 5.74) is 1.37. The molecular weight excluding hydrogens is 284 g/mol. The summed E-state index contributed by atoms with van der Waals surface area (Å²) in [6.45, 7) is 6.89. The average molecular weight is 301 g/mol. The molecule has 0 unspecified atom stereocenters. The van der Waals surface area contributed by atoms with E-state index >= 15 is 0 Å². The van der Waals surface area contributed by atoms with Gasteiger partial charge in [-0.05, 0) is 30.2 Å². The SMILES string of the molecule is C[Si](C)(C)CCc1cc(Br)ccc1C(=O)O. The molecule has 1 rings (SSSR count). The van der Waals surface area contributed by atoms with Crippen LogP contribution in [-0.4, -0.2) is 19.1 Å². The van der Waals surface area contributed by atoms with Crippen molar-refractivity contribution in [3.05, 3.63) is 33.8 Å². The maximum Gasteiger partial charge on any atom is 0.335 e. The van der Waals surface area contributed by atoms with Crippen LogP contribution in [-0.2, 0) is 6.42 Å². The van der Waals surface area contributed by atoms with Gasteiger partial charge in [0.2, 0.25) is 0 Å². The van der Waals surface area contributed by atoms with E-state index in [2.05, 4.69) is 35.6 Å².